The second kappa shape index (κ2) is 11.9. The summed E-state index contributed by atoms with van der Waals surface area (Å²) < 4.78 is 0. The molecule has 13 heavy (non-hydrogen) atoms. The van der Waals surface area contributed by atoms with Gasteiger partial charge in [-0.1, -0.05) is 36.2 Å². The predicted octanol–water partition coefficient (Wildman–Crippen LogP) is 5.67. The third kappa shape index (κ3) is 8.20. The highest BCUT2D eigenvalue weighted by molar-refractivity contribution is 8.93. The lowest BCUT2D eigenvalue weighted by Crippen LogP contribution is -1.92. The molecule has 0 bridgehead atoms. The Hall–Kier alpha value is 3.44. The zero-order valence-corrected chi connectivity index (χ0v) is 17.0. The minimum Gasteiger partial charge on any atom is -0.153 e. The molecule has 0 radical (unpaired) electrons. The molecule has 9 unspecified atom stereocenters. The fourth-order valence-corrected chi connectivity index (χ4v) is 35.8. The summed E-state index contributed by atoms with van der Waals surface area (Å²) in [6.45, 7) is 5.01. The van der Waals surface area contributed by atoms with Gasteiger partial charge in [-0.2, -0.15) is 9.90 Å². The monoisotopic (exact) mass is 330 g/mol. The Bertz CT molecular complexity index is 109. The van der Waals surface area contributed by atoms with Gasteiger partial charge in [0.05, 0.1) is 0 Å². The van der Waals surface area contributed by atoms with E-state index in [1.165, 1.54) is 12.8 Å². The Labute approximate surface area is 99.1 Å². The van der Waals surface area contributed by atoms with Crippen LogP contribution in [-0.2, 0) is 0 Å². The van der Waals surface area contributed by atoms with Crippen LogP contribution in [0, 0.1) is 0 Å². The van der Waals surface area contributed by atoms with E-state index in [1.807, 2.05) is 0 Å². The molecule has 0 spiro atoms. The molecule has 0 saturated heterocycles. The molecule has 0 rings (SSSR count). The minimum atomic E-state index is 0. The lowest BCUT2D eigenvalue weighted by Gasteiger charge is -2.27. The van der Waals surface area contributed by atoms with Gasteiger partial charge in [-0.15, -0.1) is 26.8 Å². The van der Waals surface area contributed by atoms with E-state index in [9.17, 15) is 0 Å². The molecule has 0 nitrogen and oxygen atoms in total. The van der Waals surface area contributed by atoms with E-state index in [0.717, 1.165) is 21.6 Å². The van der Waals surface area contributed by atoms with Gasteiger partial charge in [0.15, 0.2) is 0 Å². The van der Waals surface area contributed by atoms with Crippen LogP contribution in [-0.4, -0.2) is 5.66 Å². The van der Waals surface area contributed by atoms with Crippen molar-refractivity contribution >= 4 is 66.9 Å². The van der Waals surface area contributed by atoms with Gasteiger partial charge in [0, 0.05) is 0 Å². The van der Waals surface area contributed by atoms with Crippen molar-refractivity contribution in [2.45, 2.75) is 32.3 Å². The maximum absolute atomic E-state index is 3.09. The van der Waals surface area contributed by atoms with Gasteiger partial charge in [0.2, 0.25) is 0 Å². The van der Waals surface area contributed by atoms with Crippen molar-refractivity contribution in [2.75, 3.05) is 0 Å². The van der Waals surface area contributed by atoms with Crippen molar-refractivity contribution in [1.29, 1.82) is 0 Å². The zero-order chi connectivity index (χ0) is 9.56. The van der Waals surface area contributed by atoms with Crippen LogP contribution in [0.25, 0.3) is 0 Å². The van der Waals surface area contributed by atoms with E-state index in [1.54, 1.807) is 0 Å². The number of hydrogen-bond acceptors (Lipinski definition) is 0. The Morgan fingerprint density at radius 3 is 2.15 bits per heavy atom. The lowest BCUT2D eigenvalue weighted by molar-refractivity contribution is 0.785. The van der Waals surface area contributed by atoms with E-state index in [2.05, 4.69) is 40.6 Å². The van der Waals surface area contributed by atoms with E-state index < -0.39 is 0 Å². The molecule has 0 fully saturated rings. The van der Waals surface area contributed by atoms with Crippen LogP contribution in [0.3, 0.4) is 0 Å². The highest BCUT2D eigenvalue weighted by Gasteiger charge is 2.19. The molecule has 0 aliphatic rings. The minimum absolute atomic E-state index is 0. The second-order valence-electron chi connectivity index (χ2n) is 2.59. The molecular weight excluding hydrogens is 308 g/mol. The van der Waals surface area contributed by atoms with Crippen LogP contribution in [0.4, 0.5) is 0 Å². The number of rotatable bonds is 6. The van der Waals surface area contributed by atoms with E-state index in [4.69, 9.17) is 0 Å². The highest BCUT2D eigenvalue weighted by Crippen LogP contribution is 2.94. The van der Waals surface area contributed by atoms with Crippen molar-refractivity contribution in [1.82, 2.24) is 0 Å². The molecule has 0 aliphatic carbocycles. The zero-order valence-electron chi connectivity index (χ0n) is 8.33. The summed E-state index contributed by atoms with van der Waals surface area (Å²) in [4.78, 5) is 0. The van der Waals surface area contributed by atoms with Crippen molar-refractivity contribution in [3.05, 3.63) is 0 Å². The average molecular weight is 330 g/mol. The van der Waals surface area contributed by atoms with Gasteiger partial charge in [0.1, 0.15) is 0 Å². The molecule has 0 heterocycles. The summed E-state index contributed by atoms with van der Waals surface area (Å²) >= 11 is 0. The van der Waals surface area contributed by atoms with E-state index >= 15 is 0 Å². The molecule has 82 valence electrons. The van der Waals surface area contributed by atoms with Crippen LogP contribution in [0.5, 0.6) is 0 Å². The quantitative estimate of drug-likeness (QED) is 0.551. The SMILES string of the molecule is CCCC(C)P(PP)P(P)PP.P. The molecule has 9 atom stereocenters. The third-order valence-electron chi connectivity index (χ3n) is 1.62. The second-order valence-corrected chi connectivity index (χ2v) is 23.7. The van der Waals surface area contributed by atoms with Crippen LogP contribution < -0.4 is 0 Å². The summed E-state index contributed by atoms with van der Waals surface area (Å²) in [6.07, 6.45) is 2.78. The van der Waals surface area contributed by atoms with Crippen molar-refractivity contribution in [2.24, 2.45) is 0 Å². The van der Waals surface area contributed by atoms with Crippen molar-refractivity contribution < 1.29 is 0 Å². The first-order chi connectivity index (χ1) is 5.67. The molecule has 0 aromatic heterocycles. The standard InChI is InChI=1S/C5H19P7.H3P/c1-3-4-5(2)11(9-6)12(8)10-7;/h5,9-10H,3-4,6-8H2,1-2H3;1H3. The highest BCUT2D eigenvalue weighted by atomic mass is 33.0. The van der Waals surface area contributed by atoms with Gasteiger partial charge < -0.3 is 0 Å². The van der Waals surface area contributed by atoms with Crippen molar-refractivity contribution in [3.8, 4) is 0 Å². The summed E-state index contributed by atoms with van der Waals surface area (Å²) in [5, 5.41) is 0. The summed E-state index contributed by atoms with van der Waals surface area (Å²) in [6, 6.07) is 0. The Morgan fingerprint density at radius 1 is 1.31 bits per heavy atom. The van der Waals surface area contributed by atoms with Gasteiger partial charge in [0.25, 0.3) is 0 Å². The third-order valence-corrected chi connectivity index (χ3v) is 34.2. The van der Waals surface area contributed by atoms with Crippen LogP contribution in [0.15, 0.2) is 0 Å². The largest absolute Gasteiger partial charge is 0.153 e. The molecule has 0 aromatic carbocycles. The van der Waals surface area contributed by atoms with Crippen molar-refractivity contribution in [3.63, 3.8) is 0 Å². The van der Waals surface area contributed by atoms with Gasteiger partial charge in [-0.25, -0.2) is 0 Å². The van der Waals surface area contributed by atoms with E-state index in [-0.39, 0.29) is 16.9 Å². The van der Waals surface area contributed by atoms with Gasteiger partial charge >= 0.3 is 0 Å². The van der Waals surface area contributed by atoms with Gasteiger partial charge in [-0.3, -0.25) is 0 Å². The molecule has 0 amide bonds. The Balaban J connectivity index is 0. The van der Waals surface area contributed by atoms with Crippen LogP contribution in [0.1, 0.15) is 26.7 Å². The predicted molar refractivity (Wildman–Crippen MR) is 95.1 cm³/mol. The summed E-state index contributed by atoms with van der Waals surface area (Å²) in [5.41, 5.74) is 0.984. The molecule has 0 aromatic rings. The lowest BCUT2D eigenvalue weighted by atomic mass is 10.3. The van der Waals surface area contributed by atoms with Gasteiger partial charge in [-0.05, 0) is 26.4 Å². The fourth-order valence-electron chi connectivity index (χ4n) is 1.00. The molecule has 0 saturated carbocycles. The van der Waals surface area contributed by atoms with E-state index in [0.29, 0.717) is 7.30 Å². The van der Waals surface area contributed by atoms with Crippen LogP contribution >= 0.6 is 66.9 Å². The fraction of sp³-hybridized carbons (Fsp3) is 1.00. The molecule has 0 aliphatic heterocycles. The summed E-state index contributed by atoms with van der Waals surface area (Å²) in [7, 11) is 11.5. The Morgan fingerprint density at radius 2 is 1.85 bits per heavy atom. The first kappa shape index (κ1) is 18.8. The molecule has 8 heteroatoms. The maximum Gasteiger partial charge on any atom is -0.0154 e. The average Bonchev–Trinajstić information content (AvgIpc) is 2.06. The molecular formula is C5H22P8. The topological polar surface area (TPSA) is 0 Å². The maximum atomic E-state index is 3.09. The summed E-state index contributed by atoms with van der Waals surface area (Å²) in [5.74, 6) is 0. The Kier molecular flexibility index (Phi) is 17.2. The van der Waals surface area contributed by atoms with Crippen LogP contribution in [0.2, 0.25) is 0 Å². The molecule has 0 N–H and O–H groups in total. The number of hydrogen-bond donors (Lipinski definition) is 0. The first-order valence-corrected chi connectivity index (χ1v) is 16.3. The first-order valence-electron chi connectivity index (χ1n) is 3.93. The smallest absolute Gasteiger partial charge is 0.0154 e. The normalized spacial score (nSPS) is 19.2.